The summed E-state index contributed by atoms with van der Waals surface area (Å²) in [5.74, 6) is 0.753. The van der Waals surface area contributed by atoms with Gasteiger partial charge in [-0.15, -0.1) is 0 Å². The summed E-state index contributed by atoms with van der Waals surface area (Å²) in [6, 6.07) is 29.4. The van der Waals surface area contributed by atoms with Crippen molar-refractivity contribution in [2.45, 2.75) is 30.5 Å². The predicted molar refractivity (Wildman–Crippen MR) is 111 cm³/mol. The second-order valence-electron chi connectivity index (χ2n) is 7.81. The molecule has 1 heterocycles. The molecule has 0 aromatic heterocycles. The molecule has 1 aliphatic heterocycles. The second kappa shape index (κ2) is 7.78. The zero-order valence-corrected chi connectivity index (χ0v) is 16.5. The number of rotatable bonds is 4. The lowest BCUT2D eigenvalue weighted by Gasteiger charge is -2.45. The fourth-order valence-corrected chi connectivity index (χ4v) is 4.70. The summed E-state index contributed by atoms with van der Waals surface area (Å²) < 4.78 is 5.61. The van der Waals surface area contributed by atoms with E-state index in [4.69, 9.17) is 4.74 Å². The van der Waals surface area contributed by atoms with Gasteiger partial charge >= 0.3 is 0 Å². The third kappa shape index (κ3) is 3.44. The summed E-state index contributed by atoms with van der Waals surface area (Å²) in [7, 11) is 3.92. The number of ether oxygens (including phenoxy) is 1. The highest BCUT2D eigenvalue weighted by Crippen LogP contribution is 2.44. The maximum Gasteiger partial charge on any atom is 0.124 e. The molecule has 0 aliphatic carbocycles. The van der Waals surface area contributed by atoms with Gasteiger partial charge < -0.3 is 14.7 Å². The largest absolute Gasteiger partial charge is 0.496 e. The van der Waals surface area contributed by atoms with Crippen LogP contribution in [0.3, 0.4) is 0 Å². The van der Waals surface area contributed by atoms with Gasteiger partial charge in [-0.05, 0) is 6.07 Å². The summed E-state index contributed by atoms with van der Waals surface area (Å²) >= 11 is 0. The molecular weight excluding hydrogens is 346 g/mol. The normalized spacial score (nSPS) is 27.3. The first kappa shape index (κ1) is 18.7. The first-order chi connectivity index (χ1) is 13.6. The SMILES string of the molecule is COc1ccccc1C1(O)C[C@H](c2ccccc2)[NH+](C)[C@H](c2ccccc2)C1. The van der Waals surface area contributed by atoms with E-state index in [2.05, 4.69) is 55.6 Å². The lowest BCUT2D eigenvalue weighted by molar-refractivity contribution is -0.952. The molecular formula is C25H28NO2+. The molecule has 0 amide bonds. The van der Waals surface area contributed by atoms with Crippen LogP contribution in [0.4, 0.5) is 0 Å². The Morgan fingerprint density at radius 3 is 1.75 bits per heavy atom. The van der Waals surface area contributed by atoms with Gasteiger partial charge in [-0.2, -0.15) is 0 Å². The summed E-state index contributed by atoms with van der Waals surface area (Å²) in [5, 5.41) is 11.9. The fraction of sp³-hybridized carbons (Fsp3) is 0.280. The van der Waals surface area contributed by atoms with Gasteiger partial charge in [0.05, 0.1) is 14.2 Å². The average molecular weight is 375 g/mol. The molecule has 4 atom stereocenters. The monoisotopic (exact) mass is 374 g/mol. The van der Waals surface area contributed by atoms with E-state index < -0.39 is 5.60 Å². The molecule has 0 saturated carbocycles. The first-order valence-electron chi connectivity index (χ1n) is 9.91. The molecule has 3 heteroatoms. The van der Waals surface area contributed by atoms with E-state index in [0.717, 1.165) is 11.3 Å². The number of hydrogen-bond donors (Lipinski definition) is 2. The molecule has 3 aromatic carbocycles. The van der Waals surface area contributed by atoms with Gasteiger partial charge in [0.2, 0.25) is 0 Å². The Hall–Kier alpha value is -2.62. The molecule has 3 nitrogen and oxygen atoms in total. The van der Waals surface area contributed by atoms with Crippen LogP contribution in [-0.4, -0.2) is 19.3 Å². The maximum atomic E-state index is 11.9. The van der Waals surface area contributed by atoms with Crippen LogP contribution in [0.5, 0.6) is 5.75 Å². The first-order valence-corrected chi connectivity index (χ1v) is 9.91. The molecule has 28 heavy (non-hydrogen) atoms. The lowest BCUT2D eigenvalue weighted by atomic mass is 9.74. The Labute approximate surface area is 167 Å². The van der Waals surface area contributed by atoms with Crippen LogP contribution in [0.1, 0.15) is 41.6 Å². The van der Waals surface area contributed by atoms with Crippen molar-refractivity contribution in [2.75, 3.05) is 14.2 Å². The molecule has 0 radical (unpaired) electrons. The Balaban J connectivity index is 1.81. The summed E-state index contributed by atoms with van der Waals surface area (Å²) in [6.07, 6.45) is 1.32. The Morgan fingerprint density at radius 2 is 1.25 bits per heavy atom. The smallest absolute Gasteiger partial charge is 0.124 e. The molecule has 2 N–H and O–H groups in total. The Kier molecular flexibility index (Phi) is 5.21. The van der Waals surface area contributed by atoms with E-state index in [9.17, 15) is 5.11 Å². The number of likely N-dealkylation sites (tertiary alicyclic amines) is 1. The molecule has 0 spiro atoms. The van der Waals surface area contributed by atoms with Crippen molar-refractivity contribution < 1.29 is 14.7 Å². The van der Waals surface area contributed by atoms with Gasteiger partial charge in [-0.25, -0.2) is 0 Å². The van der Waals surface area contributed by atoms with Crippen LogP contribution in [0.25, 0.3) is 0 Å². The molecule has 1 fully saturated rings. The number of benzene rings is 3. The van der Waals surface area contributed by atoms with Gasteiger partial charge in [-0.1, -0.05) is 78.9 Å². The summed E-state index contributed by atoms with van der Waals surface area (Å²) in [6.45, 7) is 0. The average Bonchev–Trinajstić information content (AvgIpc) is 2.76. The van der Waals surface area contributed by atoms with Crippen molar-refractivity contribution in [3.63, 3.8) is 0 Å². The van der Waals surface area contributed by atoms with Gasteiger partial charge in [0.25, 0.3) is 0 Å². The predicted octanol–water partition coefficient (Wildman–Crippen LogP) is 3.67. The number of para-hydroxylation sites is 1. The van der Waals surface area contributed by atoms with E-state index >= 15 is 0 Å². The number of hydrogen-bond acceptors (Lipinski definition) is 2. The minimum Gasteiger partial charge on any atom is -0.496 e. The van der Waals surface area contributed by atoms with Gasteiger partial charge in [0.1, 0.15) is 23.4 Å². The van der Waals surface area contributed by atoms with E-state index in [1.165, 1.54) is 16.0 Å². The highest BCUT2D eigenvalue weighted by molar-refractivity contribution is 5.39. The minimum absolute atomic E-state index is 0.190. The molecule has 4 rings (SSSR count). The molecule has 2 unspecified atom stereocenters. The Bertz CT molecular complexity index is 861. The zero-order chi connectivity index (χ0) is 19.6. The van der Waals surface area contributed by atoms with Crippen molar-refractivity contribution in [1.82, 2.24) is 0 Å². The van der Waals surface area contributed by atoms with Crippen LogP contribution in [-0.2, 0) is 5.60 Å². The number of quaternary nitrogens is 1. The van der Waals surface area contributed by atoms with Gasteiger partial charge in [0.15, 0.2) is 0 Å². The number of methoxy groups -OCH3 is 1. The third-order valence-corrected chi connectivity index (χ3v) is 6.20. The second-order valence-corrected chi connectivity index (χ2v) is 7.81. The fourth-order valence-electron chi connectivity index (χ4n) is 4.70. The highest BCUT2D eigenvalue weighted by atomic mass is 16.5. The molecule has 3 aromatic rings. The van der Waals surface area contributed by atoms with Crippen LogP contribution >= 0.6 is 0 Å². The maximum absolute atomic E-state index is 11.9. The topological polar surface area (TPSA) is 33.9 Å². The van der Waals surface area contributed by atoms with E-state index in [1.807, 2.05) is 36.4 Å². The standard InChI is InChI=1S/C25H27NO2/c1-26-22(19-11-5-3-6-12-19)17-25(27,21-15-9-10-16-24(21)28-2)18-23(26)20-13-7-4-8-14-20/h3-16,22-23,27H,17-18H2,1-2H3/p+1/t22-,23+,25?. The van der Waals surface area contributed by atoms with Crippen LogP contribution in [0.2, 0.25) is 0 Å². The molecule has 1 saturated heterocycles. The van der Waals surface area contributed by atoms with E-state index in [1.54, 1.807) is 7.11 Å². The molecule has 144 valence electrons. The van der Waals surface area contributed by atoms with Crippen molar-refractivity contribution in [2.24, 2.45) is 0 Å². The summed E-state index contributed by atoms with van der Waals surface area (Å²) in [5.41, 5.74) is 2.45. The number of nitrogens with one attached hydrogen (secondary N) is 1. The van der Waals surface area contributed by atoms with Crippen LogP contribution in [0.15, 0.2) is 84.9 Å². The molecule has 1 aliphatic rings. The quantitative estimate of drug-likeness (QED) is 0.731. The van der Waals surface area contributed by atoms with Crippen LogP contribution in [0, 0.1) is 0 Å². The van der Waals surface area contributed by atoms with Crippen molar-refractivity contribution in [3.8, 4) is 5.75 Å². The number of piperidine rings is 1. The van der Waals surface area contributed by atoms with Gasteiger partial charge in [-0.3, -0.25) is 0 Å². The van der Waals surface area contributed by atoms with Crippen molar-refractivity contribution in [3.05, 3.63) is 102 Å². The van der Waals surface area contributed by atoms with Crippen molar-refractivity contribution >= 4 is 0 Å². The number of aliphatic hydroxyl groups is 1. The molecule has 0 bridgehead atoms. The summed E-state index contributed by atoms with van der Waals surface area (Å²) in [4.78, 5) is 1.41. The highest BCUT2D eigenvalue weighted by Gasteiger charge is 2.48. The third-order valence-electron chi connectivity index (χ3n) is 6.20. The van der Waals surface area contributed by atoms with Crippen LogP contribution < -0.4 is 9.64 Å². The Morgan fingerprint density at radius 1 is 0.786 bits per heavy atom. The van der Waals surface area contributed by atoms with E-state index in [-0.39, 0.29) is 12.1 Å². The zero-order valence-electron chi connectivity index (χ0n) is 16.5. The van der Waals surface area contributed by atoms with E-state index in [0.29, 0.717) is 12.8 Å². The lowest BCUT2D eigenvalue weighted by Crippen LogP contribution is -3.11. The van der Waals surface area contributed by atoms with Crippen molar-refractivity contribution in [1.29, 1.82) is 0 Å². The minimum atomic E-state index is -0.951. The van der Waals surface area contributed by atoms with Gasteiger partial charge in [0, 0.05) is 29.5 Å².